The molecule has 7 nitrogen and oxygen atoms in total. The van der Waals surface area contributed by atoms with Gasteiger partial charge in [-0.15, -0.1) is 0 Å². The first kappa shape index (κ1) is 14.8. The molecule has 1 atom stereocenters. The van der Waals surface area contributed by atoms with Crippen LogP contribution in [-0.4, -0.2) is 48.0 Å². The number of amides is 4. The highest BCUT2D eigenvalue weighted by Gasteiger charge is 2.53. The van der Waals surface area contributed by atoms with E-state index in [4.69, 9.17) is 16.3 Å². The molecule has 1 spiro atoms. The second kappa shape index (κ2) is 5.58. The third kappa shape index (κ3) is 2.65. The minimum atomic E-state index is -1.00. The van der Waals surface area contributed by atoms with Gasteiger partial charge in [0.2, 0.25) is 5.91 Å². The SMILES string of the molecule is O=C(CN1C(=O)N[C@]2(CCOC2)C1=O)Nc1ccc(Cl)cc1. The number of carbonyl (C=O) groups is 3. The van der Waals surface area contributed by atoms with E-state index in [9.17, 15) is 14.4 Å². The predicted molar refractivity (Wildman–Crippen MR) is 78.5 cm³/mol. The number of imide groups is 1. The van der Waals surface area contributed by atoms with Gasteiger partial charge in [-0.1, -0.05) is 11.6 Å². The summed E-state index contributed by atoms with van der Waals surface area (Å²) in [5.74, 6) is -0.872. The number of nitrogens with one attached hydrogen (secondary N) is 2. The summed E-state index contributed by atoms with van der Waals surface area (Å²) in [7, 11) is 0. The Balaban J connectivity index is 1.65. The number of urea groups is 1. The smallest absolute Gasteiger partial charge is 0.325 e. The molecule has 0 aromatic heterocycles. The van der Waals surface area contributed by atoms with E-state index in [1.165, 1.54) is 0 Å². The largest absolute Gasteiger partial charge is 0.378 e. The molecule has 2 saturated heterocycles. The molecule has 0 unspecified atom stereocenters. The summed E-state index contributed by atoms with van der Waals surface area (Å²) >= 11 is 5.76. The van der Waals surface area contributed by atoms with Crippen molar-refractivity contribution in [3.63, 3.8) is 0 Å². The fourth-order valence-corrected chi connectivity index (χ4v) is 2.66. The van der Waals surface area contributed by atoms with Gasteiger partial charge in [0.05, 0.1) is 6.61 Å². The summed E-state index contributed by atoms with van der Waals surface area (Å²) in [4.78, 5) is 37.2. The highest BCUT2D eigenvalue weighted by Crippen LogP contribution is 2.26. The van der Waals surface area contributed by atoms with Gasteiger partial charge in [-0.2, -0.15) is 0 Å². The van der Waals surface area contributed by atoms with Crippen LogP contribution < -0.4 is 10.6 Å². The van der Waals surface area contributed by atoms with Crippen molar-refractivity contribution < 1.29 is 19.1 Å². The summed E-state index contributed by atoms with van der Waals surface area (Å²) in [5.41, 5.74) is -0.460. The molecule has 2 N–H and O–H groups in total. The molecule has 2 heterocycles. The van der Waals surface area contributed by atoms with Gasteiger partial charge in [0.1, 0.15) is 12.1 Å². The first-order valence-electron chi connectivity index (χ1n) is 6.77. The molecule has 0 bridgehead atoms. The van der Waals surface area contributed by atoms with Crippen molar-refractivity contribution in [1.82, 2.24) is 10.2 Å². The Kier molecular flexibility index (Phi) is 3.76. The van der Waals surface area contributed by atoms with Gasteiger partial charge in [0.25, 0.3) is 5.91 Å². The Labute approximate surface area is 131 Å². The molecule has 0 radical (unpaired) electrons. The molecule has 1 aromatic carbocycles. The standard InChI is InChI=1S/C14H14ClN3O4/c15-9-1-3-10(4-2-9)16-11(19)7-18-12(20)14(17-13(18)21)5-6-22-8-14/h1-4H,5-8H2,(H,16,19)(H,17,21)/t14-/m0/s1. The number of carbonyl (C=O) groups excluding carboxylic acids is 3. The molecule has 2 aliphatic rings. The lowest BCUT2D eigenvalue weighted by Crippen LogP contribution is -2.48. The molecule has 3 rings (SSSR count). The molecule has 116 valence electrons. The average Bonchev–Trinajstić information content (AvgIpc) is 3.03. The highest BCUT2D eigenvalue weighted by atomic mass is 35.5. The molecule has 4 amide bonds. The van der Waals surface area contributed by atoms with E-state index >= 15 is 0 Å². The van der Waals surface area contributed by atoms with Crippen LogP contribution >= 0.6 is 11.6 Å². The van der Waals surface area contributed by atoms with Crippen LogP contribution in [0.3, 0.4) is 0 Å². The molecule has 22 heavy (non-hydrogen) atoms. The van der Waals surface area contributed by atoms with Crippen molar-refractivity contribution in [2.24, 2.45) is 0 Å². The molecule has 2 aliphatic heterocycles. The maximum absolute atomic E-state index is 12.3. The van der Waals surface area contributed by atoms with E-state index in [1.54, 1.807) is 24.3 Å². The Morgan fingerprint density at radius 1 is 1.36 bits per heavy atom. The number of hydrogen-bond acceptors (Lipinski definition) is 4. The molecule has 0 aliphatic carbocycles. The van der Waals surface area contributed by atoms with E-state index in [0.29, 0.717) is 23.7 Å². The predicted octanol–water partition coefficient (Wildman–Crippen LogP) is 0.989. The number of ether oxygens (including phenoxy) is 1. The van der Waals surface area contributed by atoms with Crippen LogP contribution in [0.2, 0.25) is 5.02 Å². The molecule has 2 fully saturated rings. The zero-order valence-corrected chi connectivity index (χ0v) is 12.4. The van der Waals surface area contributed by atoms with Crippen molar-refractivity contribution in [3.05, 3.63) is 29.3 Å². The zero-order valence-electron chi connectivity index (χ0n) is 11.6. The normalized spacial score (nSPS) is 24.0. The number of halogens is 1. The first-order chi connectivity index (χ1) is 10.5. The summed E-state index contributed by atoms with van der Waals surface area (Å²) < 4.78 is 5.19. The lowest BCUT2D eigenvalue weighted by molar-refractivity contribution is -0.133. The van der Waals surface area contributed by atoms with E-state index in [0.717, 1.165) is 4.90 Å². The van der Waals surface area contributed by atoms with Crippen molar-refractivity contribution in [3.8, 4) is 0 Å². The summed E-state index contributed by atoms with van der Waals surface area (Å²) in [5, 5.41) is 5.79. The molecule has 1 aromatic rings. The summed E-state index contributed by atoms with van der Waals surface area (Å²) in [6.45, 7) is 0.221. The topological polar surface area (TPSA) is 87.7 Å². The van der Waals surface area contributed by atoms with Crippen LogP contribution in [0.5, 0.6) is 0 Å². The quantitative estimate of drug-likeness (QED) is 0.812. The maximum Gasteiger partial charge on any atom is 0.325 e. The molecular weight excluding hydrogens is 310 g/mol. The maximum atomic E-state index is 12.3. The van der Waals surface area contributed by atoms with Crippen LogP contribution in [0.15, 0.2) is 24.3 Å². The third-order valence-corrected chi connectivity index (χ3v) is 3.95. The van der Waals surface area contributed by atoms with Crippen LogP contribution in [0, 0.1) is 0 Å². The van der Waals surface area contributed by atoms with Crippen LogP contribution in [0.1, 0.15) is 6.42 Å². The number of anilines is 1. The van der Waals surface area contributed by atoms with Gasteiger partial charge in [0.15, 0.2) is 0 Å². The van der Waals surface area contributed by atoms with Gasteiger partial charge in [-0.25, -0.2) is 4.79 Å². The summed E-state index contributed by atoms with van der Waals surface area (Å²) in [6, 6.07) is 5.98. The Morgan fingerprint density at radius 3 is 2.73 bits per heavy atom. The van der Waals surface area contributed by atoms with E-state index < -0.39 is 23.4 Å². The number of rotatable bonds is 3. The Bertz CT molecular complexity index is 625. The molecular formula is C14H14ClN3O4. The van der Waals surface area contributed by atoms with Crippen LogP contribution in [-0.2, 0) is 14.3 Å². The van der Waals surface area contributed by atoms with Gasteiger partial charge in [-0.05, 0) is 24.3 Å². The second-order valence-corrected chi connectivity index (χ2v) is 5.70. The summed E-state index contributed by atoms with van der Waals surface area (Å²) in [6.07, 6.45) is 0.423. The lowest BCUT2D eigenvalue weighted by Gasteiger charge is -2.18. The minimum Gasteiger partial charge on any atom is -0.378 e. The molecule has 0 saturated carbocycles. The van der Waals surface area contributed by atoms with E-state index in [1.807, 2.05) is 0 Å². The fraction of sp³-hybridized carbons (Fsp3) is 0.357. The first-order valence-corrected chi connectivity index (χ1v) is 7.15. The average molecular weight is 324 g/mol. The van der Waals surface area contributed by atoms with Crippen molar-refractivity contribution in [1.29, 1.82) is 0 Å². The van der Waals surface area contributed by atoms with Gasteiger partial charge in [-0.3, -0.25) is 14.5 Å². The van der Waals surface area contributed by atoms with Gasteiger partial charge in [0, 0.05) is 23.7 Å². The van der Waals surface area contributed by atoms with Crippen molar-refractivity contribution >= 4 is 35.1 Å². The third-order valence-electron chi connectivity index (χ3n) is 3.70. The van der Waals surface area contributed by atoms with Gasteiger partial charge < -0.3 is 15.4 Å². The van der Waals surface area contributed by atoms with Crippen molar-refractivity contribution in [2.45, 2.75) is 12.0 Å². The minimum absolute atomic E-state index is 0.146. The number of hydrogen-bond donors (Lipinski definition) is 2. The zero-order chi connectivity index (χ0) is 15.7. The molecule has 8 heteroatoms. The Morgan fingerprint density at radius 2 is 2.09 bits per heavy atom. The second-order valence-electron chi connectivity index (χ2n) is 5.26. The number of nitrogens with zero attached hydrogens (tertiary/aromatic N) is 1. The lowest BCUT2D eigenvalue weighted by atomic mass is 9.99. The fourth-order valence-electron chi connectivity index (χ4n) is 2.53. The van der Waals surface area contributed by atoms with E-state index in [2.05, 4.69) is 10.6 Å². The van der Waals surface area contributed by atoms with Crippen LogP contribution in [0.4, 0.5) is 10.5 Å². The van der Waals surface area contributed by atoms with E-state index in [-0.39, 0.29) is 13.2 Å². The number of benzene rings is 1. The highest BCUT2D eigenvalue weighted by molar-refractivity contribution is 6.30. The van der Waals surface area contributed by atoms with Gasteiger partial charge >= 0.3 is 6.03 Å². The monoisotopic (exact) mass is 323 g/mol. The Hall–Kier alpha value is -2.12. The van der Waals surface area contributed by atoms with Crippen LogP contribution in [0.25, 0.3) is 0 Å². The van der Waals surface area contributed by atoms with Crippen molar-refractivity contribution in [2.75, 3.05) is 25.1 Å².